The molecule has 0 aliphatic rings. The molecule has 0 aliphatic heterocycles. The van der Waals surface area contributed by atoms with Crippen molar-refractivity contribution in [3.63, 3.8) is 0 Å². The maximum atomic E-state index is 13.4. The third-order valence-corrected chi connectivity index (χ3v) is 2.48. The first kappa shape index (κ1) is 16.3. The van der Waals surface area contributed by atoms with Gasteiger partial charge < -0.3 is 14.6 Å². The van der Waals surface area contributed by atoms with Crippen molar-refractivity contribution in [1.82, 2.24) is 0 Å². The Morgan fingerprint density at radius 3 is 2.50 bits per heavy atom. The van der Waals surface area contributed by atoms with Crippen molar-refractivity contribution in [2.24, 2.45) is 0 Å². The third kappa shape index (κ3) is 5.06. The minimum absolute atomic E-state index is 0.182. The Balaban J connectivity index is 2.64. The number of rotatable bonds is 8. The summed E-state index contributed by atoms with van der Waals surface area (Å²) in [5, 5.41) is 19.1. The molecule has 6 nitrogen and oxygen atoms in total. The van der Waals surface area contributed by atoms with Crippen LogP contribution in [0.15, 0.2) is 24.3 Å². The summed E-state index contributed by atoms with van der Waals surface area (Å²) < 4.78 is 35.9. The van der Waals surface area contributed by atoms with Crippen LogP contribution in [0.1, 0.15) is 5.56 Å². The fourth-order valence-corrected chi connectivity index (χ4v) is 1.42. The Morgan fingerprint density at radius 1 is 1.40 bits per heavy atom. The first-order valence-corrected chi connectivity index (χ1v) is 5.79. The molecule has 0 saturated heterocycles. The van der Waals surface area contributed by atoms with Crippen LogP contribution in [-0.4, -0.2) is 42.5 Å². The molecule has 1 aromatic rings. The van der Waals surface area contributed by atoms with E-state index in [9.17, 15) is 18.9 Å². The molecule has 8 heteroatoms. The molecule has 0 aromatic heterocycles. The van der Waals surface area contributed by atoms with E-state index in [1.165, 1.54) is 12.1 Å². The van der Waals surface area contributed by atoms with E-state index in [1.54, 1.807) is 19.2 Å². The lowest BCUT2D eigenvalue weighted by atomic mass is 10.1. The van der Waals surface area contributed by atoms with Gasteiger partial charge in [-0.15, -0.1) is 0 Å². The van der Waals surface area contributed by atoms with E-state index in [-0.39, 0.29) is 5.75 Å². The Labute approximate surface area is 114 Å². The number of aliphatic hydroxyl groups excluding tert-OH is 1. The molecule has 1 rings (SSSR count). The van der Waals surface area contributed by atoms with Gasteiger partial charge in [0.25, 0.3) is 0 Å². The summed E-state index contributed by atoms with van der Waals surface area (Å²) >= 11 is 0. The van der Waals surface area contributed by atoms with Gasteiger partial charge in [0.05, 0.1) is 6.61 Å². The monoisotopic (exact) mass is 291 g/mol. The number of nitro groups is 1. The van der Waals surface area contributed by atoms with Crippen molar-refractivity contribution in [2.45, 2.75) is 18.6 Å². The highest BCUT2D eigenvalue weighted by molar-refractivity contribution is 5.27. The highest BCUT2D eigenvalue weighted by Crippen LogP contribution is 2.25. The van der Waals surface area contributed by atoms with E-state index in [1.807, 2.05) is 0 Å². The number of benzene rings is 1. The lowest BCUT2D eigenvalue weighted by molar-refractivity contribution is -0.501. The summed E-state index contributed by atoms with van der Waals surface area (Å²) in [4.78, 5) is 9.07. The van der Waals surface area contributed by atoms with Crippen LogP contribution in [0, 0.1) is 10.1 Å². The summed E-state index contributed by atoms with van der Waals surface area (Å²) in [5.74, 6) is -0.182. The van der Waals surface area contributed by atoms with E-state index in [0.29, 0.717) is 13.0 Å². The summed E-state index contributed by atoms with van der Waals surface area (Å²) in [7, 11) is 1.55. The number of hydrogen-bond acceptors (Lipinski definition) is 5. The SMILES string of the molecule is COCCc1ccc(OC(F)(F)C(O)C[N+](=O)[O-])cc1. The largest absolute Gasteiger partial charge is 0.431 e. The fraction of sp³-hybridized carbons (Fsp3) is 0.500. The zero-order valence-electron chi connectivity index (χ0n) is 10.8. The van der Waals surface area contributed by atoms with Gasteiger partial charge in [-0.2, -0.15) is 8.78 Å². The zero-order valence-corrected chi connectivity index (χ0v) is 10.8. The van der Waals surface area contributed by atoms with Gasteiger partial charge >= 0.3 is 6.11 Å². The molecule has 1 N–H and O–H groups in total. The summed E-state index contributed by atoms with van der Waals surface area (Å²) in [6, 6.07) is 5.75. The van der Waals surface area contributed by atoms with Crippen LogP contribution >= 0.6 is 0 Å². The highest BCUT2D eigenvalue weighted by atomic mass is 19.3. The maximum absolute atomic E-state index is 13.4. The molecule has 1 aromatic carbocycles. The molecule has 0 fully saturated rings. The molecule has 20 heavy (non-hydrogen) atoms. The molecule has 1 unspecified atom stereocenters. The standard InChI is InChI=1S/C12H15F2NO5/c1-19-7-6-9-2-4-10(5-3-9)20-12(13,14)11(16)8-15(17)18/h2-5,11,16H,6-8H2,1H3. The van der Waals surface area contributed by atoms with E-state index in [4.69, 9.17) is 9.84 Å². The quantitative estimate of drug-likeness (QED) is 0.579. The number of nitrogens with zero attached hydrogens (tertiary/aromatic N) is 1. The topological polar surface area (TPSA) is 81.8 Å². The van der Waals surface area contributed by atoms with Gasteiger partial charge in [-0.05, 0) is 24.1 Å². The molecule has 0 heterocycles. The highest BCUT2D eigenvalue weighted by Gasteiger charge is 2.44. The summed E-state index contributed by atoms with van der Waals surface area (Å²) in [6.45, 7) is -0.795. The van der Waals surface area contributed by atoms with E-state index in [2.05, 4.69) is 4.74 Å². The average molecular weight is 291 g/mol. The number of aliphatic hydroxyl groups is 1. The summed E-state index contributed by atoms with van der Waals surface area (Å²) in [5.41, 5.74) is 0.869. The van der Waals surface area contributed by atoms with Crippen molar-refractivity contribution in [2.75, 3.05) is 20.3 Å². The zero-order chi connectivity index (χ0) is 15.2. The molecule has 0 radical (unpaired) electrons. The Morgan fingerprint density at radius 2 is 2.00 bits per heavy atom. The maximum Gasteiger partial charge on any atom is 0.431 e. The molecule has 0 bridgehead atoms. The van der Waals surface area contributed by atoms with Crippen molar-refractivity contribution in [3.05, 3.63) is 39.9 Å². The van der Waals surface area contributed by atoms with Crippen molar-refractivity contribution >= 4 is 0 Å². The predicted octanol–water partition coefficient (Wildman–Crippen LogP) is 1.48. The van der Waals surface area contributed by atoms with Gasteiger partial charge in [0.15, 0.2) is 0 Å². The molecule has 0 saturated carbocycles. The predicted molar refractivity (Wildman–Crippen MR) is 65.5 cm³/mol. The van der Waals surface area contributed by atoms with Crippen molar-refractivity contribution in [3.8, 4) is 5.75 Å². The normalized spacial score (nSPS) is 13.0. The average Bonchev–Trinajstić information content (AvgIpc) is 2.36. The molecule has 0 amide bonds. The minimum atomic E-state index is -4.03. The number of ether oxygens (including phenoxy) is 2. The second kappa shape index (κ2) is 7.11. The van der Waals surface area contributed by atoms with E-state index < -0.39 is 23.7 Å². The second-order valence-electron chi connectivity index (χ2n) is 4.08. The first-order valence-electron chi connectivity index (χ1n) is 5.79. The second-order valence-corrected chi connectivity index (χ2v) is 4.08. The van der Waals surface area contributed by atoms with Crippen molar-refractivity contribution in [1.29, 1.82) is 0 Å². The third-order valence-electron chi connectivity index (χ3n) is 2.48. The van der Waals surface area contributed by atoms with Crippen LogP contribution in [0.4, 0.5) is 8.78 Å². The van der Waals surface area contributed by atoms with Crippen LogP contribution in [0.25, 0.3) is 0 Å². The van der Waals surface area contributed by atoms with Gasteiger partial charge in [-0.3, -0.25) is 10.1 Å². The Kier molecular flexibility index (Phi) is 5.78. The summed E-state index contributed by atoms with van der Waals surface area (Å²) in [6.07, 6.45) is -5.91. The van der Waals surface area contributed by atoms with Crippen LogP contribution < -0.4 is 4.74 Å². The lowest BCUT2D eigenvalue weighted by Crippen LogP contribution is -2.43. The van der Waals surface area contributed by atoms with Gasteiger partial charge in [-0.1, -0.05) is 12.1 Å². The number of halogens is 2. The number of alkyl halides is 2. The molecule has 0 spiro atoms. The minimum Gasteiger partial charge on any atom is -0.430 e. The Hall–Kier alpha value is -1.80. The lowest BCUT2D eigenvalue weighted by Gasteiger charge is -2.20. The number of methoxy groups -OCH3 is 1. The van der Waals surface area contributed by atoms with Crippen LogP contribution in [0.5, 0.6) is 5.75 Å². The van der Waals surface area contributed by atoms with Gasteiger partial charge in [-0.25, -0.2) is 0 Å². The Bertz CT molecular complexity index is 438. The van der Waals surface area contributed by atoms with Crippen LogP contribution in [-0.2, 0) is 11.2 Å². The van der Waals surface area contributed by atoms with E-state index >= 15 is 0 Å². The first-order chi connectivity index (χ1) is 9.35. The van der Waals surface area contributed by atoms with Crippen LogP contribution in [0.2, 0.25) is 0 Å². The van der Waals surface area contributed by atoms with Gasteiger partial charge in [0.1, 0.15) is 5.75 Å². The fourth-order valence-electron chi connectivity index (χ4n) is 1.42. The van der Waals surface area contributed by atoms with Crippen LogP contribution in [0.3, 0.4) is 0 Å². The smallest absolute Gasteiger partial charge is 0.430 e. The molecular formula is C12H15F2NO5. The van der Waals surface area contributed by atoms with Gasteiger partial charge in [0, 0.05) is 12.0 Å². The molecular weight excluding hydrogens is 276 g/mol. The molecule has 112 valence electrons. The number of hydrogen-bond donors (Lipinski definition) is 1. The van der Waals surface area contributed by atoms with Gasteiger partial charge in [0.2, 0.25) is 12.6 Å². The molecule has 1 atom stereocenters. The molecule has 0 aliphatic carbocycles. The van der Waals surface area contributed by atoms with E-state index in [0.717, 1.165) is 5.56 Å². The van der Waals surface area contributed by atoms with Crippen molar-refractivity contribution < 1.29 is 28.3 Å².